The lowest BCUT2D eigenvalue weighted by Gasteiger charge is -2.36. The summed E-state index contributed by atoms with van der Waals surface area (Å²) in [4.78, 5) is 20.4. The van der Waals surface area contributed by atoms with Gasteiger partial charge < -0.3 is 24.3 Å². The number of hydrogen-bond acceptors (Lipinski definition) is 4. The Morgan fingerprint density at radius 3 is 2.60 bits per heavy atom. The molecule has 0 aliphatic carbocycles. The van der Waals surface area contributed by atoms with Crippen molar-refractivity contribution in [3.8, 4) is 0 Å². The maximum Gasteiger partial charge on any atom is 0.409 e. The van der Waals surface area contributed by atoms with Crippen molar-refractivity contribution < 1.29 is 13.9 Å². The molecule has 1 fully saturated rings. The molecule has 25 heavy (non-hydrogen) atoms. The Morgan fingerprint density at radius 2 is 2.00 bits per heavy atom. The van der Waals surface area contributed by atoms with E-state index < -0.39 is 0 Å². The Balaban J connectivity index is 0.00000312. The van der Waals surface area contributed by atoms with E-state index in [9.17, 15) is 4.79 Å². The summed E-state index contributed by atoms with van der Waals surface area (Å²) >= 11 is 0. The smallest absolute Gasteiger partial charge is 0.409 e. The largest absolute Gasteiger partial charge is 0.469 e. The predicted molar refractivity (Wildman–Crippen MR) is 109 cm³/mol. The molecule has 2 rings (SSSR count). The van der Waals surface area contributed by atoms with Gasteiger partial charge in [-0.2, -0.15) is 0 Å². The summed E-state index contributed by atoms with van der Waals surface area (Å²) in [6.07, 6.45) is 3.29. The molecule has 0 saturated carbocycles. The van der Waals surface area contributed by atoms with Crippen molar-refractivity contribution in [1.29, 1.82) is 0 Å². The molecular weight excluding hydrogens is 435 g/mol. The molecule has 0 bridgehead atoms. The molecule has 0 aromatic carbocycles. The van der Waals surface area contributed by atoms with E-state index in [1.54, 1.807) is 11.2 Å². The van der Waals surface area contributed by atoms with Gasteiger partial charge in [-0.3, -0.25) is 4.99 Å². The van der Waals surface area contributed by atoms with Crippen molar-refractivity contribution in [2.45, 2.75) is 26.7 Å². The summed E-state index contributed by atoms with van der Waals surface area (Å²) in [5.41, 5.74) is 0. The Morgan fingerprint density at radius 1 is 1.28 bits per heavy atom. The second-order valence-corrected chi connectivity index (χ2v) is 5.63. The zero-order valence-electron chi connectivity index (χ0n) is 15.1. The molecular formula is C17H29IN4O3. The number of halogens is 1. The SMILES string of the molecule is CCCN=C(NCCc1ccco1)N1CCN(C(=O)OCC)CC1.I. The van der Waals surface area contributed by atoms with Crippen molar-refractivity contribution in [2.24, 2.45) is 4.99 Å². The topological polar surface area (TPSA) is 70.3 Å². The predicted octanol–water partition coefficient (Wildman–Crippen LogP) is 2.57. The second kappa shape index (κ2) is 12.0. The number of piperazine rings is 1. The van der Waals surface area contributed by atoms with E-state index in [1.165, 1.54) is 0 Å². The Hall–Kier alpha value is -1.45. The van der Waals surface area contributed by atoms with E-state index >= 15 is 0 Å². The first-order chi connectivity index (χ1) is 11.7. The zero-order valence-corrected chi connectivity index (χ0v) is 17.4. The average Bonchev–Trinajstić information content (AvgIpc) is 3.12. The first-order valence-electron chi connectivity index (χ1n) is 8.72. The summed E-state index contributed by atoms with van der Waals surface area (Å²) in [6, 6.07) is 3.87. The molecule has 1 aromatic rings. The minimum absolute atomic E-state index is 0. The molecule has 0 spiro atoms. The first kappa shape index (κ1) is 21.6. The van der Waals surface area contributed by atoms with Crippen molar-refractivity contribution >= 4 is 36.0 Å². The number of amides is 1. The highest BCUT2D eigenvalue weighted by Gasteiger charge is 2.23. The maximum absolute atomic E-state index is 11.8. The number of carbonyl (C=O) groups is 1. The highest BCUT2D eigenvalue weighted by Crippen LogP contribution is 2.05. The lowest BCUT2D eigenvalue weighted by Crippen LogP contribution is -2.54. The van der Waals surface area contributed by atoms with Crippen LogP contribution >= 0.6 is 24.0 Å². The van der Waals surface area contributed by atoms with Crippen LogP contribution in [0.2, 0.25) is 0 Å². The normalized spacial score (nSPS) is 14.9. The Labute approximate surface area is 166 Å². The monoisotopic (exact) mass is 464 g/mol. The Bertz CT molecular complexity index is 514. The fourth-order valence-corrected chi connectivity index (χ4v) is 2.55. The maximum atomic E-state index is 11.8. The summed E-state index contributed by atoms with van der Waals surface area (Å²) < 4.78 is 10.4. The van der Waals surface area contributed by atoms with Gasteiger partial charge in [-0.15, -0.1) is 24.0 Å². The third kappa shape index (κ3) is 7.13. The third-order valence-electron chi connectivity index (χ3n) is 3.83. The van der Waals surface area contributed by atoms with E-state index in [4.69, 9.17) is 9.15 Å². The highest BCUT2D eigenvalue weighted by atomic mass is 127. The van der Waals surface area contributed by atoms with Gasteiger partial charge >= 0.3 is 6.09 Å². The van der Waals surface area contributed by atoms with Gasteiger partial charge in [-0.25, -0.2) is 4.79 Å². The molecule has 8 heteroatoms. The van der Waals surface area contributed by atoms with Gasteiger partial charge in [0, 0.05) is 45.7 Å². The minimum Gasteiger partial charge on any atom is -0.469 e. The van der Waals surface area contributed by atoms with Crippen molar-refractivity contribution in [2.75, 3.05) is 45.9 Å². The lowest BCUT2D eigenvalue weighted by molar-refractivity contribution is 0.0914. The molecule has 0 unspecified atom stereocenters. The van der Waals surface area contributed by atoms with Crippen LogP contribution in [0.1, 0.15) is 26.0 Å². The molecule has 1 aliphatic heterocycles. The number of nitrogens with one attached hydrogen (secondary N) is 1. The number of aliphatic imine (C=N–C) groups is 1. The summed E-state index contributed by atoms with van der Waals surface area (Å²) in [5, 5.41) is 3.41. The second-order valence-electron chi connectivity index (χ2n) is 5.63. The van der Waals surface area contributed by atoms with Crippen LogP contribution in [0, 0.1) is 0 Å². The molecule has 2 heterocycles. The van der Waals surface area contributed by atoms with Crippen LogP contribution in [-0.4, -0.2) is 67.7 Å². The fourth-order valence-electron chi connectivity index (χ4n) is 2.55. The van der Waals surface area contributed by atoms with E-state index in [-0.39, 0.29) is 30.1 Å². The quantitative estimate of drug-likeness (QED) is 0.398. The number of nitrogens with zero attached hydrogens (tertiary/aromatic N) is 3. The summed E-state index contributed by atoms with van der Waals surface area (Å²) in [6.45, 7) is 8.75. The lowest BCUT2D eigenvalue weighted by atomic mass is 10.3. The molecule has 1 aliphatic rings. The first-order valence-corrected chi connectivity index (χ1v) is 8.72. The van der Waals surface area contributed by atoms with Gasteiger partial charge in [0.2, 0.25) is 0 Å². The van der Waals surface area contributed by atoms with Crippen LogP contribution in [0.3, 0.4) is 0 Å². The number of rotatable bonds is 6. The molecule has 1 N–H and O–H groups in total. The molecule has 1 saturated heterocycles. The standard InChI is InChI=1S/C17H28N4O3.HI/c1-3-8-18-16(19-9-7-15-6-5-14-24-15)20-10-12-21(13-11-20)17(22)23-4-2;/h5-6,14H,3-4,7-13H2,1-2H3,(H,18,19);1H. The van der Waals surface area contributed by atoms with Crippen LogP contribution < -0.4 is 5.32 Å². The minimum atomic E-state index is -0.227. The van der Waals surface area contributed by atoms with Crippen LogP contribution in [0.5, 0.6) is 0 Å². The Kier molecular flexibility index (Phi) is 10.4. The van der Waals surface area contributed by atoms with Crippen LogP contribution in [-0.2, 0) is 11.2 Å². The number of carbonyl (C=O) groups excluding carboxylic acids is 1. The average molecular weight is 464 g/mol. The van der Waals surface area contributed by atoms with E-state index in [2.05, 4.69) is 22.1 Å². The number of guanidine groups is 1. The van der Waals surface area contributed by atoms with Gasteiger partial charge in [0.1, 0.15) is 5.76 Å². The number of ether oxygens (including phenoxy) is 1. The van der Waals surface area contributed by atoms with Crippen LogP contribution in [0.15, 0.2) is 27.8 Å². The van der Waals surface area contributed by atoms with E-state index in [0.29, 0.717) is 19.7 Å². The molecule has 142 valence electrons. The third-order valence-corrected chi connectivity index (χ3v) is 3.83. The molecule has 7 nitrogen and oxygen atoms in total. The number of furan rings is 1. The van der Waals surface area contributed by atoms with Crippen molar-refractivity contribution in [3.63, 3.8) is 0 Å². The molecule has 1 aromatic heterocycles. The van der Waals surface area contributed by atoms with Crippen molar-refractivity contribution in [3.05, 3.63) is 24.2 Å². The van der Waals surface area contributed by atoms with Gasteiger partial charge in [-0.05, 0) is 25.5 Å². The van der Waals surface area contributed by atoms with Crippen LogP contribution in [0.4, 0.5) is 4.79 Å². The summed E-state index contributed by atoms with van der Waals surface area (Å²) in [5.74, 6) is 1.87. The van der Waals surface area contributed by atoms with Gasteiger partial charge in [-0.1, -0.05) is 6.92 Å². The van der Waals surface area contributed by atoms with Gasteiger partial charge in [0.25, 0.3) is 0 Å². The number of hydrogen-bond donors (Lipinski definition) is 1. The van der Waals surface area contributed by atoms with Crippen molar-refractivity contribution in [1.82, 2.24) is 15.1 Å². The van der Waals surface area contributed by atoms with E-state index in [1.807, 2.05) is 19.1 Å². The van der Waals surface area contributed by atoms with E-state index in [0.717, 1.165) is 50.7 Å². The summed E-state index contributed by atoms with van der Waals surface area (Å²) in [7, 11) is 0. The van der Waals surface area contributed by atoms with Gasteiger partial charge in [0.05, 0.1) is 12.9 Å². The zero-order chi connectivity index (χ0) is 17.2. The van der Waals surface area contributed by atoms with Crippen LogP contribution in [0.25, 0.3) is 0 Å². The molecule has 0 radical (unpaired) electrons. The van der Waals surface area contributed by atoms with Gasteiger partial charge in [0.15, 0.2) is 5.96 Å². The fraction of sp³-hybridized carbons (Fsp3) is 0.647. The molecule has 0 atom stereocenters. The highest BCUT2D eigenvalue weighted by molar-refractivity contribution is 14.0. The molecule has 1 amide bonds.